The Morgan fingerprint density at radius 2 is 2.23 bits per heavy atom. The van der Waals surface area contributed by atoms with E-state index in [1.54, 1.807) is 12.4 Å². The zero-order valence-electron chi connectivity index (χ0n) is 8.16. The number of aromatic nitrogens is 1. The molecule has 0 unspecified atom stereocenters. The van der Waals surface area contributed by atoms with Crippen LogP contribution in [0.3, 0.4) is 0 Å². The first-order chi connectivity index (χ1) is 6.22. The van der Waals surface area contributed by atoms with Gasteiger partial charge >= 0.3 is 0 Å². The van der Waals surface area contributed by atoms with Gasteiger partial charge in [0.2, 0.25) is 0 Å². The van der Waals surface area contributed by atoms with Crippen LogP contribution in [-0.2, 0) is 6.54 Å². The van der Waals surface area contributed by atoms with Gasteiger partial charge in [0.05, 0.1) is 12.8 Å². The lowest BCUT2D eigenvalue weighted by atomic mass is 10.2. The molecule has 2 N–H and O–H groups in total. The highest BCUT2D eigenvalue weighted by Crippen LogP contribution is 2.11. The number of rotatable bonds is 4. The Kier molecular flexibility index (Phi) is 3.71. The molecule has 0 aliphatic heterocycles. The minimum Gasteiger partial charge on any atom is -0.492 e. The molecule has 0 bridgehead atoms. The first-order valence-corrected chi connectivity index (χ1v) is 4.49. The van der Waals surface area contributed by atoms with Crippen molar-refractivity contribution in [3.8, 4) is 5.75 Å². The standard InChI is InChI=1S/C10H16N2O/c1-8(2)7-13-10-3-9(4-11)5-12-6-10/h3,5-6,8H,4,7,11H2,1-2H3. The number of ether oxygens (including phenoxy) is 1. The second kappa shape index (κ2) is 4.82. The van der Waals surface area contributed by atoms with Gasteiger partial charge in [-0.1, -0.05) is 13.8 Å². The zero-order valence-corrected chi connectivity index (χ0v) is 8.16. The van der Waals surface area contributed by atoms with Gasteiger partial charge in [-0.3, -0.25) is 4.98 Å². The molecule has 0 atom stereocenters. The predicted molar refractivity (Wildman–Crippen MR) is 52.5 cm³/mol. The highest BCUT2D eigenvalue weighted by Gasteiger charge is 1.98. The summed E-state index contributed by atoms with van der Waals surface area (Å²) in [6, 6.07) is 1.93. The van der Waals surface area contributed by atoms with Crippen LogP contribution in [0.4, 0.5) is 0 Å². The summed E-state index contributed by atoms with van der Waals surface area (Å²) >= 11 is 0. The van der Waals surface area contributed by atoms with Gasteiger partial charge in [-0.2, -0.15) is 0 Å². The van der Waals surface area contributed by atoms with Crippen molar-refractivity contribution in [3.05, 3.63) is 24.0 Å². The van der Waals surface area contributed by atoms with Gasteiger partial charge in [-0.05, 0) is 17.5 Å². The number of pyridine rings is 1. The van der Waals surface area contributed by atoms with Crippen LogP contribution in [0.15, 0.2) is 18.5 Å². The Hall–Kier alpha value is -1.09. The van der Waals surface area contributed by atoms with E-state index < -0.39 is 0 Å². The predicted octanol–water partition coefficient (Wildman–Crippen LogP) is 1.58. The molecule has 1 aromatic rings. The van der Waals surface area contributed by atoms with E-state index in [0.29, 0.717) is 12.5 Å². The summed E-state index contributed by atoms with van der Waals surface area (Å²) in [5, 5.41) is 0. The summed E-state index contributed by atoms with van der Waals surface area (Å²) in [5.41, 5.74) is 6.48. The molecule has 3 heteroatoms. The normalized spacial score (nSPS) is 10.5. The summed E-state index contributed by atoms with van der Waals surface area (Å²) < 4.78 is 5.49. The number of nitrogens with zero attached hydrogens (tertiary/aromatic N) is 1. The van der Waals surface area contributed by atoms with Crippen molar-refractivity contribution in [2.45, 2.75) is 20.4 Å². The Morgan fingerprint density at radius 1 is 1.46 bits per heavy atom. The van der Waals surface area contributed by atoms with Crippen LogP contribution < -0.4 is 10.5 Å². The van der Waals surface area contributed by atoms with E-state index in [0.717, 1.165) is 17.9 Å². The van der Waals surface area contributed by atoms with Crippen molar-refractivity contribution in [1.82, 2.24) is 4.98 Å². The third-order valence-corrected chi connectivity index (χ3v) is 1.59. The molecule has 3 nitrogen and oxygen atoms in total. The largest absolute Gasteiger partial charge is 0.492 e. The van der Waals surface area contributed by atoms with E-state index in [-0.39, 0.29) is 0 Å². The lowest BCUT2D eigenvalue weighted by Gasteiger charge is -2.08. The molecule has 0 aromatic carbocycles. The second-order valence-corrected chi connectivity index (χ2v) is 3.44. The minimum atomic E-state index is 0.506. The Balaban J connectivity index is 2.56. The summed E-state index contributed by atoms with van der Waals surface area (Å²) in [5.74, 6) is 1.33. The van der Waals surface area contributed by atoms with Crippen LogP contribution >= 0.6 is 0 Å². The highest BCUT2D eigenvalue weighted by molar-refractivity contribution is 5.23. The molecule has 72 valence electrons. The maximum Gasteiger partial charge on any atom is 0.137 e. The van der Waals surface area contributed by atoms with Gasteiger partial charge < -0.3 is 10.5 Å². The van der Waals surface area contributed by atoms with E-state index in [1.807, 2.05) is 6.07 Å². The Labute approximate surface area is 78.9 Å². The molecule has 0 fully saturated rings. The number of hydrogen-bond acceptors (Lipinski definition) is 3. The van der Waals surface area contributed by atoms with Gasteiger partial charge in [0.1, 0.15) is 5.75 Å². The highest BCUT2D eigenvalue weighted by atomic mass is 16.5. The van der Waals surface area contributed by atoms with Crippen LogP contribution in [0.5, 0.6) is 5.75 Å². The summed E-state index contributed by atoms with van der Waals surface area (Å²) in [6.07, 6.45) is 3.46. The maximum absolute atomic E-state index is 5.49. The van der Waals surface area contributed by atoms with E-state index in [2.05, 4.69) is 18.8 Å². The third kappa shape index (κ3) is 3.42. The van der Waals surface area contributed by atoms with Crippen LogP contribution in [0.2, 0.25) is 0 Å². The van der Waals surface area contributed by atoms with E-state index in [9.17, 15) is 0 Å². The fourth-order valence-corrected chi connectivity index (χ4v) is 0.917. The Bertz CT molecular complexity index is 261. The van der Waals surface area contributed by atoms with Crippen LogP contribution in [0.25, 0.3) is 0 Å². The second-order valence-electron chi connectivity index (χ2n) is 3.44. The van der Waals surface area contributed by atoms with Crippen molar-refractivity contribution in [2.24, 2.45) is 11.7 Å². The molecule has 0 saturated heterocycles. The third-order valence-electron chi connectivity index (χ3n) is 1.59. The zero-order chi connectivity index (χ0) is 9.68. The molecule has 0 aliphatic carbocycles. The van der Waals surface area contributed by atoms with Crippen LogP contribution in [-0.4, -0.2) is 11.6 Å². The van der Waals surface area contributed by atoms with Gasteiger partial charge in [0.25, 0.3) is 0 Å². The molecular weight excluding hydrogens is 164 g/mol. The molecule has 0 aliphatic rings. The van der Waals surface area contributed by atoms with Gasteiger partial charge in [0.15, 0.2) is 0 Å². The fraction of sp³-hybridized carbons (Fsp3) is 0.500. The smallest absolute Gasteiger partial charge is 0.137 e. The molecule has 0 radical (unpaired) electrons. The van der Waals surface area contributed by atoms with Gasteiger partial charge in [0, 0.05) is 12.7 Å². The molecule has 1 heterocycles. The average molecular weight is 180 g/mol. The van der Waals surface area contributed by atoms with Crippen molar-refractivity contribution in [1.29, 1.82) is 0 Å². The summed E-state index contributed by atoms with van der Waals surface area (Å²) in [7, 11) is 0. The molecule has 0 spiro atoms. The summed E-state index contributed by atoms with van der Waals surface area (Å²) in [4.78, 5) is 4.03. The van der Waals surface area contributed by atoms with Crippen molar-refractivity contribution in [2.75, 3.05) is 6.61 Å². The number of nitrogens with two attached hydrogens (primary N) is 1. The first-order valence-electron chi connectivity index (χ1n) is 4.49. The topological polar surface area (TPSA) is 48.1 Å². The molecule has 13 heavy (non-hydrogen) atoms. The molecule has 1 aromatic heterocycles. The van der Waals surface area contributed by atoms with Gasteiger partial charge in [-0.25, -0.2) is 0 Å². The lowest BCUT2D eigenvalue weighted by Crippen LogP contribution is -2.05. The molecule has 0 amide bonds. The average Bonchev–Trinajstić information content (AvgIpc) is 2.15. The number of hydrogen-bond donors (Lipinski definition) is 1. The maximum atomic E-state index is 5.49. The van der Waals surface area contributed by atoms with Crippen molar-refractivity contribution in [3.63, 3.8) is 0 Å². The quantitative estimate of drug-likeness (QED) is 0.765. The van der Waals surface area contributed by atoms with Crippen molar-refractivity contribution >= 4 is 0 Å². The molecular formula is C10H16N2O. The lowest BCUT2D eigenvalue weighted by molar-refractivity contribution is 0.270. The van der Waals surface area contributed by atoms with Crippen molar-refractivity contribution < 1.29 is 4.74 Å². The molecule has 0 saturated carbocycles. The molecule has 1 rings (SSSR count). The summed E-state index contributed by atoms with van der Waals surface area (Å²) in [6.45, 7) is 5.45. The Morgan fingerprint density at radius 3 is 2.85 bits per heavy atom. The monoisotopic (exact) mass is 180 g/mol. The van der Waals surface area contributed by atoms with Crippen LogP contribution in [0.1, 0.15) is 19.4 Å². The fourth-order valence-electron chi connectivity index (χ4n) is 0.917. The first kappa shape index (κ1) is 9.99. The SMILES string of the molecule is CC(C)COc1cncc(CN)c1. The van der Waals surface area contributed by atoms with Gasteiger partial charge in [-0.15, -0.1) is 0 Å². The van der Waals surface area contributed by atoms with E-state index in [1.165, 1.54) is 0 Å². The minimum absolute atomic E-state index is 0.506. The van der Waals surface area contributed by atoms with Crippen LogP contribution in [0, 0.1) is 5.92 Å². The van der Waals surface area contributed by atoms with E-state index >= 15 is 0 Å². The van der Waals surface area contributed by atoms with E-state index in [4.69, 9.17) is 10.5 Å².